The molecule has 4 nitrogen and oxygen atoms in total. The molecule has 0 amide bonds. The van der Waals surface area contributed by atoms with E-state index in [0.29, 0.717) is 13.2 Å². The van der Waals surface area contributed by atoms with Gasteiger partial charge in [0.05, 0.1) is 25.2 Å². The maximum Gasteiger partial charge on any atom is 0.195 e. The van der Waals surface area contributed by atoms with Crippen LogP contribution in [0.25, 0.3) is 0 Å². The molecule has 4 heteroatoms. The van der Waals surface area contributed by atoms with E-state index in [-0.39, 0.29) is 12.0 Å². The smallest absolute Gasteiger partial charge is 0.195 e. The van der Waals surface area contributed by atoms with Crippen molar-refractivity contribution >= 4 is 5.88 Å². The van der Waals surface area contributed by atoms with Gasteiger partial charge in [0.1, 0.15) is 5.76 Å². The van der Waals surface area contributed by atoms with Gasteiger partial charge in [-0.2, -0.15) is 0 Å². The quantitative estimate of drug-likeness (QED) is 0.808. The predicted octanol–water partition coefficient (Wildman–Crippen LogP) is 1.03. The first-order valence-corrected chi connectivity index (χ1v) is 5.11. The number of aliphatic hydroxyl groups excluding tert-OH is 1. The van der Waals surface area contributed by atoms with Crippen LogP contribution < -0.4 is 4.90 Å². The summed E-state index contributed by atoms with van der Waals surface area (Å²) in [5.41, 5.74) is -0.102. The van der Waals surface area contributed by atoms with E-state index in [0.717, 1.165) is 18.2 Å². The molecule has 15 heavy (non-hydrogen) atoms. The normalized spacial score (nSPS) is 18.6. The molecule has 2 rings (SSSR count). The highest BCUT2D eigenvalue weighted by Gasteiger charge is 2.39. The molecule has 1 aliphatic heterocycles. The molecular weight excluding hydrogens is 194 g/mol. The second kappa shape index (κ2) is 3.87. The highest BCUT2D eigenvalue weighted by atomic mass is 16.5. The molecule has 2 heterocycles. The molecule has 0 aliphatic carbocycles. The average molecular weight is 211 g/mol. The van der Waals surface area contributed by atoms with E-state index in [9.17, 15) is 5.11 Å². The monoisotopic (exact) mass is 211 g/mol. The Hall–Kier alpha value is -1.00. The number of furan rings is 1. The van der Waals surface area contributed by atoms with Crippen LogP contribution in [0.5, 0.6) is 0 Å². The van der Waals surface area contributed by atoms with E-state index >= 15 is 0 Å². The Morgan fingerprint density at radius 3 is 2.60 bits per heavy atom. The fourth-order valence-electron chi connectivity index (χ4n) is 1.83. The number of anilines is 1. The van der Waals surface area contributed by atoms with Crippen LogP contribution in [0.15, 0.2) is 16.5 Å². The number of nitrogens with zero attached hydrogens (tertiary/aromatic N) is 1. The lowest BCUT2D eigenvalue weighted by Gasteiger charge is -2.42. The van der Waals surface area contributed by atoms with Gasteiger partial charge in [0.25, 0.3) is 0 Å². The van der Waals surface area contributed by atoms with Crippen molar-refractivity contribution < 1.29 is 14.3 Å². The van der Waals surface area contributed by atoms with Crippen molar-refractivity contribution in [3.8, 4) is 0 Å². The largest absolute Gasteiger partial charge is 0.446 e. The molecule has 1 aliphatic rings. The van der Waals surface area contributed by atoms with Gasteiger partial charge in [-0.1, -0.05) is 0 Å². The zero-order valence-corrected chi connectivity index (χ0v) is 9.19. The maximum atomic E-state index is 9.30. The Morgan fingerprint density at radius 1 is 1.47 bits per heavy atom. The fraction of sp³-hybridized carbons (Fsp3) is 0.636. The van der Waals surface area contributed by atoms with Crippen molar-refractivity contribution in [3.63, 3.8) is 0 Å². The lowest BCUT2D eigenvalue weighted by atomic mass is 9.86. The molecule has 1 aromatic rings. The number of aryl methyl sites for hydroxylation is 1. The van der Waals surface area contributed by atoms with Gasteiger partial charge in [0.2, 0.25) is 0 Å². The molecule has 84 valence electrons. The minimum absolute atomic E-state index is 0.102. The zero-order chi connectivity index (χ0) is 10.9. The average Bonchev–Trinajstić information content (AvgIpc) is 2.58. The van der Waals surface area contributed by atoms with Crippen LogP contribution in [0.3, 0.4) is 0 Å². The standard InChI is InChI=1S/C11H17NO3/c1-9-3-4-10(15-9)12(2)5-11(6-13)7-14-8-11/h3-4,13H,5-8H2,1-2H3. The minimum Gasteiger partial charge on any atom is -0.446 e. The molecule has 0 saturated carbocycles. The highest BCUT2D eigenvalue weighted by Crippen LogP contribution is 2.29. The van der Waals surface area contributed by atoms with Crippen LogP contribution in [0.2, 0.25) is 0 Å². The molecule has 1 fully saturated rings. The molecule has 0 aromatic carbocycles. The van der Waals surface area contributed by atoms with Gasteiger partial charge >= 0.3 is 0 Å². The van der Waals surface area contributed by atoms with E-state index in [1.54, 1.807) is 0 Å². The molecule has 1 saturated heterocycles. The lowest BCUT2D eigenvalue weighted by molar-refractivity contribution is -0.130. The van der Waals surface area contributed by atoms with Crippen molar-refractivity contribution in [1.29, 1.82) is 0 Å². The SMILES string of the molecule is Cc1ccc(N(C)CC2(CO)COC2)o1. The van der Waals surface area contributed by atoms with Crippen molar-refractivity contribution in [3.05, 3.63) is 17.9 Å². The highest BCUT2D eigenvalue weighted by molar-refractivity contribution is 5.35. The van der Waals surface area contributed by atoms with Gasteiger partial charge in [-0.05, 0) is 13.0 Å². The fourth-order valence-corrected chi connectivity index (χ4v) is 1.83. The third kappa shape index (κ3) is 2.01. The van der Waals surface area contributed by atoms with E-state index in [1.165, 1.54) is 0 Å². The third-order valence-corrected chi connectivity index (χ3v) is 2.83. The number of hydrogen-bond acceptors (Lipinski definition) is 4. The Balaban J connectivity index is 1.99. The second-order valence-electron chi connectivity index (χ2n) is 4.39. The Morgan fingerprint density at radius 2 is 2.20 bits per heavy atom. The van der Waals surface area contributed by atoms with E-state index in [1.807, 2.05) is 31.0 Å². The molecule has 0 atom stereocenters. The summed E-state index contributed by atoms with van der Waals surface area (Å²) in [4.78, 5) is 2.02. The van der Waals surface area contributed by atoms with E-state index in [2.05, 4.69) is 0 Å². The van der Waals surface area contributed by atoms with Crippen molar-refractivity contribution in [2.75, 3.05) is 38.3 Å². The summed E-state index contributed by atoms with van der Waals surface area (Å²) < 4.78 is 10.7. The van der Waals surface area contributed by atoms with Crippen LogP contribution in [0.4, 0.5) is 5.88 Å². The summed E-state index contributed by atoms with van der Waals surface area (Å²) >= 11 is 0. The second-order valence-corrected chi connectivity index (χ2v) is 4.39. The van der Waals surface area contributed by atoms with Crippen LogP contribution >= 0.6 is 0 Å². The molecule has 0 unspecified atom stereocenters. The first-order chi connectivity index (χ1) is 7.15. The molecule has 0 spiro atoms. The van der Waals surface area contributed by atoms with Crippen LogP contribution in [-0.2, 0) is 4.74 Å². The molecule has 1 aromatic heterocycles. The van der Waals surface area contributed by atoms with Gasteiger partial charge in [-0.15, -0.1) is 0 Å². The zero-order valence-electron chi connectivity index (χ0n) is 9.19. The first kappa shape index (κ1) is 10.5. The number of aliphatic hydroxyl groups is 1. The third-order valence-electron chi connectivity index (χ3n) is 2.83. The van der Waals surface area contributed by atoms with Gasteiger partial charge in [0.15, 0.2) is 5.88 Å². The van der Waals surface area contributed by atoms with Crippen molar-refractivity contribution in [1.82, 2.24) is 0 Å². The molecular formula is C11H17NO3. The van der Waals surface area contributed by atoms with Gasteiger partial charge in [-0.3, -0.25) is 0 Å². The summed E-state index contributed by atoms with van der Waals surface area (Å²) in [5, 5.41) is 9.30. The predicted molar refractivity (Wildman–Crippen MR) is 57.1 cm³/mol. The minimum atomic E-state index is -0.102. The number of ether oxygens (including phenoxy) is 1. The van der Waals surface area contributed by atoms with Gasteiger partial charge < -0.3 is 19.2 Å². The summed E-state index contributed by atoms with van der Waals surface area (Å²) in [7, 11) is 1.97. The van der Waals surface area contributed by atoms with E-state index in [4.69, 9.17) is 9.15 Å². The topological polar surface area (TPSA) is 45.8 Å². The van der Waals surface area contributed by atoms with Crippen molar-refractivity contribution in [2.45, 2.75) is 6.92 Å². The van der Waals surface area contributed by atoms with Crippen LogP contribution in [0, 0.1) is 12.3 Å². The lowest BCUT2D eigenvalue weighted by Crippen LogP contribution is -2.52. The number of rotatable bonds is 4. The number of hydrogen-bond donors (Lipinski definition) is 1. The van der Waals surface area contributed by atoms with Crippen LogP contribution in [-0.4, -0.2) is 38.5 Å². The van der Waals surface area contributed by atoms with Crippen molar-refractivity contribution in [2.24, 2.45) is 5.41 Å². The summed E-state index contributed by atoms with van der Waals surface area (Å²) in [6.45, 7) is 4.11. The summed E-state index contributed by atoms with van der Waals surface area (Å²) in [6, 6.07) is 3.88. The van der Waals surface area contributed by atoms with Gasteiger partial charge in [0, 0.05) is 19.7 Å². The first-order valence-electron chi connectivity index (χ1n) is 5.11. The summed E-state index contributed by atoms with van der Waals surface area (Å²) in [6.07, 6.45) is 0. The molecule has 0 bridgehead atoms. The Kier molecular flexibility index (Phi) is 2.71. The Labute approximate surface area is 89.4 Å². The maximum absolute atomic E-state index is 9.30. The molecule has 1 N–H and O–H groups in total. The van der Waals surface area contributed by atoms with E-state index < -0.39 is 0 Å². The van der Waals surface area contributed by atoms with Gasteiger partial charge in [-0.25, -0.2) is 0 Å². The summed E-state index contributed by atoms with van der Waals surface area (Å²) in [5.74, 6) is 1.74. The Bertz CT molecular complexity index is 325. The molecule has 0 radical (unpaired) electrons. The van der Waals surface area contributed by atoms with Crippen LogP contribution in [0.1, 0.15) is 5.76 Å².